The summed E-state index contributed by atoms with van der Waals surface area (Å²) in [6.07, 6.45) is 0.0194. The van der Waals surface area contributed by atoms with Crippen molar-refractivity contribution in [2.75, 3.05) is 6.54 Å². The van der Waals surface area contributed by atoms with Crippen LogP contribution in [0.5, 0.6) is 0 Å². The summed E-state index contributed by atoms with van der Waals surface area (Å²) in [7, 11) is -2.22. The summed E-state index contributed by atoms with van der Waals surface area (Å²) in [5, 5.41) is -0.158. The van der Waals surface area contributed by atoms with Crippen LogP contribution >= 0.6 is 0 Å². The standard InChI is InChI=1S/C18H21F2N5O4S/c1-11(17-23-13-6-4-5-7-14(13)25(17)18(19)20)29-16(26)8-9-21-30(27,28)15-10-24(3)12(2)22-15/h4-7,10-11,18,21H,8-9H2,1-3H3. The third kappa shape index (κ3) is 4.49. The first-order valence-corrected chi connectivity index (χ1v) is 10.5. The number of sulfonamides is 1. The molecule has 0 aliphatic rings. The molecule has 0 spiro atoms. The molecule has 1 atom stereocenters. The van der Waals surface area contributed by atoms with E-state index in [9.17, 15) is 22.0 Å². The molecule has 0 bridgehead atoms. The Kier molecular flexibility index (Phi) is 6.17. The highest BCUT2D eigenvalue weighted by molar-refractivity contribution is 7.89. The summed E-state index contributed by atoms with van der Waals surface area (Å²) in [6, 6.07) is 6.36. The fourth-order valence-corrected chi connectivity index (χ4v) is 3.95. The van der Waals surface area contributed by atoms with Gasteiger partial charge in [-0.2, -0.15) is 8.78 Å². The predicted octanol–water partition coefficient (Wildman–Crippen LogP) is 2.45. The lowest BCUT2D eigenvalue weighted by Crippen LogP contribution is -2.27. The van der Waals surface area contributed by atoms with Gasteiger partial charge in [-0.25, -0.2) is 23.1 Å². The van der Waals surface area contributed by atoms with Gasteiger partial charge in [0.05, 0.1) is 17.5 Å². The molecule has 1 unspecified atom stereocenters. The van der Waals surface area contributed by atoms with Crippen molar-refractivity contribution < 1.29 is 26.7 Å². The van der Waals surface area contributed by atoms with E-state index in [1.807, 2.05) is 0 Å². The van der Waals surface area contributed by atoms with Crippen LogP contribution in [-0.4, -0.2) is 40.0 Å². The number of esters is 1. The highest BCUT2D eigenvalue weighted by Gasteiger charge is 2.24. The Morgan fingerprint density at radius 3 is 2.60 bits per heavy atom. The number of ether oxygens (including phenoxy) is 1. The van der Waals surface area contributed by atoms with Crippen LogP contribution in [0.15, 0.2) is 35.5 Å². The largest absolute Gasteiger partial charge is 0.454 e. The van der Waals surface area contributed by atoms with Crippen molar-refractivity contribution >= 4 is 27.0 Å². The highest BCUT2D eigenvalue weighted by atomic mass is 32.2. The molecule has 0 saturated heterocycles. The van der Waals surface area contributed by atoms with E-state index in [1.165, 1.54) is 19.2 Å². The number of nitrogens with one attached hydrogen (secondary N) is 1. The van der Waals surface area contributed by atoms with Crippen LogP contribution < -0.4 is 4.72 Å². The average Bonchev–Trinajstić information content (AvgIpc) is 3.22. The van der Waals surface area contributed by atoms with Gasteiger partial charge < -0.3 is 9.30 Å². The van der Waals surface area contributed by atoms with Crippen LogP contribution in [0.3, 0.4) is 0 Å². The Morgan fingerprint density at radius 1 is 1.27 bits per heavy atom. The molecule has 0 amide bonds. The van der Waals surface area contributed by atoms with Crippen molar-refractivity contribution in [1.82, 2.24) is 23.8 Å². The number of hydrogen-bond acceptors (Lipinski definition) is 6. The zero-order chi connectivity index (χ0) is 22.1. The van der Waals surface area contributed by atoms with E-state index in [1.54, 1.807) is 36.7 Å². The fraction of sp³-hybridized carbons (Fsp3) is 0.389. The van der Waals surface area contributed by atoms with Gasteiger partial charge in [0.15, 0.2) is 17.0 Å². The lowest BCUT2D eigenvalue weighted by molar-refractivity contribution is -0.149. The minimum atomic E-state index is -3.88. The number of carbonyl (C=O) groups is 1. The van der Waals surface area contributed by atoms with Crippen LogP contribution in [0.4, 0.5) is 8.78 Å². The number of benzene rings is 1. The van der Waals surface area contributed by atoms with Crippen LogP contribution in [0.2, 0.25) is 0 Å². The van der Waals surface area contributed by atoms with Crippen molar-refractivity contribution in [3.8, 4) is 0 Å². The van der Waals surface area contributed by atoms with Crippen LogP contribution in [0.25, 0.3) is 11.0 Å². The second-order valence-corrected chi connectivity index (χ2v) is 8.34. The molecule has 0 radical (unpaired) electrons. The van der Waals surface area contributed by atoms with Gasteiger partial charge in [0, 0.05) is 19.8 Å². The molecule has 12 heteroatoms. The van der Waals surface area contributed by atoms with E-state index in [2.05, 4.69) is 14.7 Å². The predicted molar refractivity (Wildman–Crippen MR) is 103 cm³/mol. The summed E-state index contributed by atoms with van der Waals surface area (Å²) in [5.74, 6) is -0.329. The lowest BCUT2D eigenvalue weighted by Gasteiger charge is -2.15. The number of nitrogens with zero attached hydrogens (tertiary/aromatic N) is 4. The van der Waals surface area contributed by atoms with Gasteiger partial charge in [-0.3, -0.25) is 9.36 Å². The average molecular weight is 441 g/mol. The zero-order valence-corrected chi connectivity index (χ0v) is 17.4. The number of fused-ring (bicyclic) bond motifs is 1. The highest BCUT2D eigenvalue weighted by Crippen LogP contribution is 2.28. The molecular formula is C18H21F2N5O4S. The molecular weight excluding hydrogens is 420 g/mol. The van der Waals surface area contributed by atoms with Crippen molar-refractivity contribution in [2.45, 2.75) is 37.9 Å². The first-order chi connectivity index (χ1) is 14.1. The minimum Gasteiger partial charge on any atom is -0.454 e. The van der Waals surface area contributed by atoms with Crippen LogP contribution in [0, 0.1) is 6.92 Å². The Hall–Kier alpha value is -2.86. The number of alkyl halides is 2. The Balaban J connectivity index is 1.63. The molecule has 3 aromatic rings. The van der Waals surface area contributed by atoms with Gasteiger partial charge in [0.2, 0.25) is 0 Å². The maximum atomic E-state index is 13.5. The first-order valence-electron chi connectivity index (χ1n) is 9.04. The summed E-state index contributed by atoms with van der Waals surface area (Å²) in [4.78, 5) is 20.2. The quantitative estimate of drug-likeness (QED) is 0.538. The van der Waals surface area contributed by atoms with Crippen molar-refractivity contribution in [3.63, 3.8) is 0 Å². The summed E-state index contributed by atoms with van der Waals surface area (Å²) < 4.78 is 61.2. The number of aromatic nitrogens is 4. The molecule has 3 rings (SSSR count). The van der Waals surface area contributed by atoms with E-state index in [4.69, 9.17) is 4.74 Å². The Labute approximate surface area is 171 Å². The number of carbonyl (C=O) groups excluding carboxylic acids is 1. The van der Waals surface area contributed by atoms with Crippen LogP contribution in [0.1, 0.15) is 37.6 Å². The smallest absolute Gasteiger partial charge is 0.320 e. The Bertz CT molecular complexity index is 1150. The molecule has 0 aliphatic carbocycles. The van der Waals surface area contributed by atoms with Crippen molar-refractivity contribution in [1.29, 1.82) is 0 Å². The van der Waals surface area contributed by atoms with E-state index >= 15 is 0 Å². The molecule has 9 nitrogen and oxygen atoms in total. The van der Waals surface area contributed by atoms with Crippen molar-refractivity contribution in [2.24, 2.45) is 7.05 Å². The molecule has 0 aliphatic heterocycles. The topological polar surface area (TPSA) is 108 Å². The second-order valence-electron chi connectivity index (χ2n) is 6.62. The summed E-state index contributed by atoms with van der Waals surface area (Å²) in [6.45, 7) is 0.000135. The Morgan fingerprint density at radius 2 is 1.97 bits per heavy atom. The second kappa shape index (κ2) is 8.48. The van der Waals surface area contributed by atoms with Gasteiger partial charge in [0.25, 0.3) is 10.0 Å². The molecule has 2 heterocycles. The monoisotopic (exact) mass is 441 g/mol. The summed E-state index contributed by atoms with van der Waals surface area (Å²) >= 11 is 0. The van der Waals surface area contributed by atoms with Gasteiger partial charge in [-0.05, 0) is 26.0 Å². The van der Waals surface area contributed by atoms with Gasteiger partial charge >= 0.3 is 12.5 Å². The molecule has 1 N–H and O–H groups in total. The molecule has 162 valence electrons. The molecule has 1 aromatic carbocycles. The first kappa shape index (κ1) is 21.8. The van der Waals surface area contributed by atoms with Gasteiger partial charge in [0.1, 0.15) is 5.82 Å². The van der Waals surface area contributed by atoms with Crippen LogP contribution in [-0.2, 0) is 26.6 Å². The number of para-hydroxylation sites is 2. The van der Waals surface area contributed by atoms with E-state index in [0.717, 1.165) is 0 Å². The van der Waals surface area contributed by atoms with E-state index in [-0.39, 0.29) is 29.3 Å². The van der Waals surface area contributed by atoms with Crippen molar-refractivity contribution in [3.05, 3.63) is 42.1 Å². The molecule has 0 fully saturated rings. The summed E-state index contributed by atoms with van der Waals surface area (Å²) in [5.41, 5.74) is 0.581. The minimum absolute atomic E-state index is 0.0934. The number of rotatable bonds is 8. The van der Waals surface area contributed by atoms with E-state index in [0.29, 0.717) is 15.9 Å². The van der Waals surface area contributed by atoms with E-state index < -0.39 is 28.6 Å². The van der Waals surface area contributed by atoms with Gasteiger partial charge in [-0.1, -0.05) is 12.1 Å². The molecule has 30 heavy (non-hydrogen) atoms. The number of hydrogen-bond donors (Lipinski definition) is 1. The molecule has 2 aromatic heterocycles. The van der Waals surface area contributed by atoms with Gasteiger partial charge in [-0.15, -0.1) is 0 Å². The third-order valence-corrected chi connectivity index (χ3v) is 5.80. The number of aryl methyl sites for hydroxylation is 2. The lowest BCUT2D eigenvalue weighted by atomic mass is 10.3. The molecule has 0 saturated carbocycles. The zero-order valence-electron chi connectivity index (χ0n) is 16.5. The SMILES string of the molecule is Cc1nc(S(=O)(=O)NCCC(=O)OC(C)c2nc3ccccc3n2C(F)F)cn1C. The number of imidazole rings is 2. The maximum Gasteiger partial charge on any atom is 0.320 e. The normalized spacial score (nSPS) is 13.1. The number of halogens is 2. The third-order valence-electron chi connectivity index (χ3n) is 4.47. The maximum absolute atomic E-state index is 13.5. The fourth-order valence-electron chi connectivity index (χ4n) is 2.88.